The molecule has 0 bridgehead atoms. The number of sulfonamides is 1. The SMILES string of the molecule is NS(=O)(=O)c1c(-c2ccccc2)ccc(C(F)(F)F)c1F. The van der Waals surface area contributed by atoms with Gasteiger partial charge in [-0.25, -0.2) is 17.9 Å². The van der Waals surface area contributed by atoms with Gasteiger partial charge in [0.05, 0.1) is 5.56 Å². The molecule has 21 heavy (non-hydrogen) atoms. The first-order valence-electron chi connectivity index (χ1n) is 5.60. The van der Waals surface area contributed by atoms with Crippen LogP contribution in [-0.4, -0.2) is 8.42 Å². The average molecular weight is 319 g/mol. The quantitative estimate of drug-likeness (QED) is 0.864. The lowest BCUT2D eigenvalue weighted by atomic mass is 10.0. The van der Waals surface area contributed by atoms with Gasteiger partial charge >= 0.3 is 6.18 Å². The number of hydrogen-bond donors (Lipinski definition) is 1. The molecule has 0 amide bonds. The molecule has 0 saturated heterocycles. The fourth-order valence-corrected chi connectivity index (χ4v) is 2.75. The highest BCUT2D eigenvalue weighted by Crippen LogP contribution is 2.37. The number of primary sulfonamides is 1. The van der Waals surface area contributed by atoms with Gasteiger partial charge in [-0.05, 0) is 11.6 Å². The Morgan fingerprint density at radius 2 is 1.52 bits per heavy atom. The van der Waals surface area contributed by atoms with Crippen LogP contribution in [0.25, 0.3) is 11.1 Å². The predicted octanol–water partition coefficient (Wildman–Crippen LogP) is 3.16. The number of rotatable bonds is 2. The van der Waals surface area contributed by atoms with Crippen molar-refractivity contribution < 1.29 is 26.0 Å². The van der Waals surface area contributed by atoms with Crippen LogP contribution in [0.1, 0.15) is 5.56 Å². The van der Waals surface area contributed by atoms with E-state index < -0.39 is 32.5 Å². The smallest absolute Gasteiger partial charge is 0.225 e. The van der Waals surface area contributed by atoms with Crippen molar-refractivity contribution >= 4 is 10.0 Å². The summed E-state index contributed by atoms with van der Waals surface area (Å²) in [5, 5.41) is 4.87. The lowest BCUT2D eigenvalue weighted by Crippen LogP contribution is -2.19. The van der Waals surface area contributed by atoms with Crippen molar-refractivity contribution in [1.82, 2.24) is 0 Å². The van der Waals surface area contributed by atoms with E-state index in [4.69, 9.17) is 5.14 Å². The number of hydrogen-bond acceptors (Lipinski definition) is 2. The Bertz CT molecular complexity index is 771. The van der Waals surface area contributed by atoms with E-state index in [2.05, 4.69) is 0 Å². The summed E-state index contributed by atoms with van der Waals surface area (Å²) in [6, 6.07) is 8.97. The third kappa shape index (κ3) is 3.06. The summed E-state index contributed by atoms with van der Waals surface area (Å²) in [5.41, 5.74) is -1.65. The number of halogens is 4. The van der Waals surface area contributed by atoms with Crippen LogP contribution in [0, 0.1) is 5.82 Å². The van der Waals surface area contributed by atoms with Crippen LogP contribution in [0.3, 0.4) is 0 Å². The molecule has 8 heteroatoms. The minimum absolute atomic E-state index is 0.219. The molecule has 2 aromatic carbocycles. The second-order valence-electron chi connectivity index (χ2n) is 4.21. The van der Waals surface area contributed by atoms with Gasteiger partial charge in [-0.2, -0.15) is 13.2 Å². The normalized spacial score (nSPS) is 12.4. The van der Waals surface area contributed by atoms with Crippen LogP contribution >= 0.6 is 0 Å². The fraction of sp³-hybridized carbons (Fsp3) is 0.0769. The Balaban J connectivity index is 2.84. The van der Waals surface area contributed by atoms with Crippen LogP contribution < -0.4 is 5.14 Å². The molecule has 0 unspecified atom stereocenters. The minimum Gasteiger partial charge on any atom is -0.225 e. The van der Waals surface area contributed by atoms with E-state index in [-0.39, 0.29) is 11.1 Å². The largest absolute Gasteiger partial charge is 0.419 e. The minimum atomic E-state index is -5.02. The van der Waals surface area contributed by atoms with Gasteiger partial charge < -0.3 is 0 Å². The molecular weight excluding hydrogens is 310 g/mol. The lowest BCUT2D eigenvalue weighted by Gasteiger charge is -2.14. The Morgan fingerprint density at radius 1 is 0.952 bits per heavy atom. The van der Waals surface area contributed by atoms with Crippen LogP contribution in [0.15, 0.2) is 47.4 Å². The highest BCUT2D eigenvalue weighted by atomic mass is 32.2. The van der Waals surface area contributed by atoms with Gasteiger partial charge in [0.1, 0.15) is 4.90 Å². The molecule has 0 aromatic heterocycles. The van der Waals surface area contributed by atoms with Gasteiger partial charge in [-0.1, -0.05) is 36.4 Å². The maximum Gasteiger partial charge on any atom is 0.419 e. The Morgan fingerprint density at radius 3 is 2.00 bits per heavy atom. The molecule has 0 aliphatic heterocycles. The molecule has 0 aliphatic carbocycles. The predicted molar refractivity (Wildman–Crippen MR) is 68.2 cm³/mol. The summed E-state index contributed by atoms with van der Waals surface area (Å²) in [6.07, 6.45) is -5.02. The van der Waals surface area contributed by atoms with Gasteiger partial charge in [0.15, 0.2) is 5.82 Å². The van der Waals surface area contributed by atoms with E-state index in [1.165, 1.54) is 24.3 Å². The summed E-state index contributed by atoms with van der Waals surface area (Å²) in [6.45, 7) is 0. The molecule has 112 valence electrons. The van der Waals surface area contributed by atoms with Gasteiger partial charge in [0.25, 0.3) is 0 Å². The van der Waals surface area contributed by atoms with Crippen molar-refractivity contribution in [3.05, 3.63) is 53.8 Å². The maximum absolute atomic E-state index is 14.0. The zero-order valence-electron chi connectivity index (χ0n) is 10.4. The average Bonchev–Trinajstić information content (AvgIpc) is 2.36. The molecular formula is C13H9F4NO2S. The first kappa shape index (κ1) is 15.5. The Labute approximate surface area is 118 Å². The first-order chi connectivity index (χ1) is 9.62. The summed E-state index contributed by atoms with van der Waals surface area (Å²) in [4.78, 5) is -1.16. The zero-order chi connectivity index (χ0) is 15.8. The topological polar surface area (TPSA) is 60.2 Å². The molecule has 0 fully saturated rings. The van der Waals surface area contributed by atoms with E-state index >= 15 is 0 Å². The van der Waals surface area contributed by atoms with E-state index in [1.807, 2.05) is 0 Å². The molecule has 0 atom stereocenters. The summed E-state index contributed by atoms with van der Waals surface area (Å²) in [7, 11) is -4.67. The zero-order valence-corrected chi connectivity index (χ0v) is 11.2. The third-order valence-corrected chi connectivity index (χ3v) is 3.74. The van der Waals surface area contributed by atoms with Crippen molar-refractivity contribution in [1.29, 1.82) is 0 Å². The van der Waals surface area contributed by atoms with E-state index in [9.17, 15) is 26.0 Å². The van der Waals surface area contributed by atoms with Crippen LogP contribution in [-0.2, 0) is 16.2 Å². The Hall–Kier alpha value is -1.93. The molecule has 0 saturated carbocycles. The standard InChI is InChI=1S/C13H9F4NO2S/c14-11-10(13(15,16)17)7-6-9(12(11)21(18,19)20)8-4-2-1-3-5-8/h1-7H,(H2,18,19,20). The lowest BCUT2D eigenvalue weighted by molar-refractivity contribution is -0.140. The van der Waals surface area contributed by atoms with Gasteiger partial charge in [-0.15, -0.1) is 0 Å². The van der Waals surface area contributed by atoms with Crippen LogP contribution in [0.2, 0.25) is 0 Å². The third-order valence-electron chi connectivity index (χ3n) is 2.77. The van der Waals surface area contributed by atoms with Crippen molar-refractivity contribution in [2.24, 2.45) is 5.14 Å². The van der Waals surface area contributed by atoms with Crippen LogP contribution in [0.4, 0.5) is 17.6 Å². The molecule has 0 radical (unpaired) electrons. The van der Waals surface area contributed by atoms with Crippen molar-refractivity contribution in [3.8, 4) is 11.1 Å². The van der Waals surface area contributed by atoms with Crippen LogP contribution in [0.5, 0.6) is 0 Å². The summed E-state index contributed by atoms with van der Waals surface area (Å²) < 4.78 is 75.1. The van der Waals surface area contributed by atoms with Crippen molar-refractivity contribution in [2.75, 3.05) is 0 Å². The molecule has 0 spiro atoms. The first-order valence-corrected chi connectivity index (χ1v) is 7.15. The highest BCUT2D eigenvalue weighted by molar-refractivity contribution is 7.89. The van der Waals surface area contributed by atoms with Gasteiger partial charge in [-0.3, -0.25) is 0 Å². The molecule has 0 aliphatic rings. The second-order valence-corrected chi connectivity index (χ2v) is 5.71. The van der Waals surface area contributed by atoms with E-state index in [1.54, 1.807) is 6.07 Å². The number of alkyl halides is 3. The molecule has 0 heterocycles. The molecule has 3 nitrogen and oxygen atoms in total. The van der Waals surface area contributed by atoms with Crippen molar-refractivity contribution in [2.45, 2.75) is 11.1 Å². The van der Waals surface area contributed by atoms with Gasteiger partial charge in [0, 0.05) is 5.56 Å². The second kappa shape index (κ2) is 5.12. The molecule has 2 aromatic rings. The fourth-order valence-electron chi connectivity index (χ4n) is 1.90. The van der Waals surface area contributed by atoms with Gasteiger partial charge in [0.2, 0.25) is 10.0 Å². The highest BCUT2D eigenvalue weighted by Gasteiger charge is 2.37. The maximum atomic E-state index is 14.0. The summed E-state index contributed by atoms with van der Waals surface area (Å²) >= 11 is 0. The molecule has 2 rings (SSSR count). The molecule has 2 N–H and O–H groups in total. The monoisotopic (exact) mass is 319 g/mol. The van der Waals surface area contributed by atoms with E-state index in [0.29, 0.717) is 6.07 Å². The number of benzene rings is 2. The number of nitrogens with two attached hydrogens (primary N) is 1. The van der Waals surface area contributed by atoms with Crippen molar-refractivity contribution in [3.63, 3.8) is 0 Å². The Kier molecular flexibility index (Phi) is 3.77. The summed E-state index contributed by atoms with van der Waals surface area (Å²) in [5.74, 6) is -1.90. The van der Waals surface area contributed by atoms with E-state index in [0.717, 1.165) is 6.07 Å².